The lowest BCUT2D eigenvalue weighted by molar-refractivity contribution is 0.446. The van der Waals surface area contributed by atoms with Crippen molar-refractivity contribution in [3.05, 3.63) is 167 Å². The molecule has 0 saturated carbocycles. The van der Waals surface area contributed by atoms with Crippen molar-refractivity contribution in [3.63, 3.8) is 0 Å². The van der Waals surface area contributed by atoms with Crippen LogP contribution in [0, 0.1) is 0 Å². The van der Waals surface area contributed by atoms with E-state index in [1.165, 1.54) is 35.0 Å². The van der Waals surface area contributed by atoms with Gasteiger partial charge in [-0.2, -0.15) is 0 Å². The lowest BCUT2D eigenvalue weighted by Gasteiger charge is -2.28. The third kappa shape index (κ3) is 9.12. The number of pyridine rings is 1. The molecule has 66 heavy (non-hydrogen) atoms. The van der Waals surface area contributed by atoms with Crippen molar-refractivity contribution >= 4 is 11.0 Å². The summed E-state index contributed by atoms with van der Waals surface area (Å²) in [6.07, 6.45) is 1.50. The van der Waals surface area contributed by atoms with E-state index in [9.17, 15) is 5.11 Å². The van der Waals surface area contributed by atoms with E-state index in [0.717, 1.165) is 22.3 Å². The van der Waals surface area contributed by atoms with Crippen molar-refractivity contribution in [1.82, 2.24) is 14.5 Å². The first-order valence-corrected chi connectivity index (χ1v) is 21.4. The third-order valence-electron chi connectivity index (χ3n) is 11.8. The molecule has 0 atom stereocenters. The van der Waals surface area contributed by atoms with Gasteiger partial charge in [-0.15, -0.1) is 0 Å². The summed E-state index contributed by atoms with van der Waals surface area (Å²) in [6.45, 7) is -23.7. The molecule has 6 aromatic carbocycles. The van der Waals surface area contributed by atoms with Gasteiger partial charge in [-0.25, -0.2) is 4.98 Å². The van der Waals surface area contributed by atoms with E-state index < -0.39 is 123 Å². The summed E-state index contributed by atoms with van der Waals surface area (Å²) in [6, 6.07) is 34.5. The molecule has 0 saturated heterocycles. The largest absolute Gasteiger partial charge is 0.507 e. The highest BCUT2D eigenvalue weighted by molar-refractivity contribution is 5.97. The van der Waals surface area contributed by atoms with Gasteiger partial charge in [0.15, 0.2) is 0 Å². The van der Waals surface area contributed by atoms with Crippen molar-refractivity contribution in [2.45, 2.75) is 130 Å². The predicted molar refractivity (Wildman–Crippen MR) is 281 cm³/mol. The molecule has 8 rings (SSSR count). The monoisotopic (exact) mass is 899 g/mol. The Morgan fingerprint density at radius 3 is 1.79 bits per heavy atom. The molecule has 0 aliphatic carbocycles. The number of nitrogens with zero attached hydrogens (tertiary/aromatic N) is 3. The van der Waals surface area contributed by atoms with E-state index in [1.54, 1.807) is 54.6 Å². The quantitative estimate of drug-likeness (QED) is 0.181. The van der Waals surface area contributed by atoms with Crippen LogP contribution in [0.5, 0.6) is 5.75 Å². The molecular weight excluding hydrogens is 803 g/mol. The van der Waals surface area contributed by atoms with E-state index in [2.05, 4.69) is 0 Å². The zero-order valence-corrected chi connectivity index (χ0v) is 37.6. The van der Waals surface area contributed by atoms with Crippen LogP contribution in [-0.4, -0.2) is 19.6 Å². The van der Waals surface area contributed by atoms with E-state index in [4.69, 9.17) is 47.0 Å². The standard InChI is InChI=1S/C62H69N3O/c1-58(2,3)44-26-24-39(25-27-44)41-30-31-63-53(35-41)43-32-42(33-45(34-43)59(4,5)6)49-22-19-23-54-55(49)64-57(50-36-46(60(7,8)9)37-52(56(50)66)62(13,14)15)65(54)47-28-29-48(40-20-17-16-18-21-40)51(38-47)61(10,11)12/h16-38,66H,1-15H3/i1D3,2D3,3D3,7D3,8D3,9D3,13D3,14D3,15D3. The summed E-state index contributed by atoms with van der Waals surface area (Å²) >= 11 is 0. The summed E-state index contributed by atoms with van der Waals surface area (Å²) in [5.41, 5.74) is -10.8. The minimum atomic E-state index is -4.20. The Morgan fingerprint density at radius 1 is 0.455 bits per heavy atom. The average Bonchev–Trinajstić information content (AvgIpc) is 1.07. The minimum absolute atomic E-state index is 0.0757. The molecule has 0 radical (unpaired) electrons. The van der Waals surface area contributed by atoms with Gasteiger partial charge < -0.3 is 5.11 Å². The molecule has 338 valence electrons. The fourth-order valence-electron chi connectivity index (χ4n) is 8.29. The second-order valence-electron chi connectivity index (χ2n) is 19.0. The van der Waals surface area contributed by atoms with Crippen LogP contribution >= 0.6 is 0 Å². The summed E-state index contributed by atoms with van der Waals surface area (Å²) in [4.78, 5) is 9.87. The summed E-state index contributed by atoms with van der Waals surface area (Å²) < 4.78 is 234. The summed E-state index contributed by atoms with van der Waals surface area (Å²) in [5, 5.41) is 13.1. The Bertz CT molecular complexity index is 4000. The van der Waals surface area contributed by atoms with Crippen molar-refractivity contribution in [2.24, 2.45) is 0 Å². The fourth-order valence-corrected chi connectivity index (χ4v) is 8.29. The van der Waals surface area contributed by atoms with Gasteiger partial charge in [0.1, 0.15) is 11.6 Å². The van der Waals surface area contributed by atoms with E-state index in [-0.39, 0.29) is 22.8 Å². The highest BCUT2D eigenvalue weighted by atomic mass is 16.3. The Balaban J connectivity index is 1.52. The number of phenolic OH excluding ortho intramolecular Hbond substituents is 1. The maximum absolute atomic E-state index is 13.1. The average molecular weight is 899 g/mol. The van der Waals surface area contributed by atoms with Gasteiger partial charge in [-0.05, 0) is 126 Å². The Labute approximate surface area is 432 Å². The molecule has 2 heterocycles. The van der Waals surface area contributed by atoms with Crippen molar-refractivity contribution in [1.29, 1.82) is 0 Å². The number of aromatic hydroxyl groups is 1. The van der Waals surface area contributed by atoms with Gasteiger partial charge in [0.25, 0.3) is 0 Å². The van der Waals surface area contributed by atoms with E-state index >= 15 is 0 Å². The number of rotatable bonds is 6. The number of hydrogen-bond acceptors (Lipinski definition) is 3. The molecule has 0 aliphatic heterocycles. The molecular formula is C62H69N3O. The predicted octanol–water partition coefficient (Wildman–Crippen LogP) is 16.9. The maximum atomic E-state index is 13.1. The van der Waals surface area contributed by atoms with Crippen molar-refractivity contribution in [2.75, 3.05) is 0 Å². The smallest absolute Gasteiger partial charge is 0.149 e. The highest BCUT2D eigenvalue weighted by Gasteiger charge is 2.30. The van der Waals surface area contributed by atoms with Crippen LogP contribution in [0.15, 0.2) is 140 Å². The highest BCUT2D eigenvalue weighted by Crippen LogP contribution is 2.46. The van der Waals surface area contributed by atoms with Gasteiger partial charge in [0.2, 0.25) is 0 Å². The lowest BCUT2D eigenvalue weighted by atomic mass is 9.78. The fraction of sp³-hybridized carbons (Fsp3) is 0.323. The molecule has 8 aromatic rings. The van der Waals surface area contributed by atoms with Gasteiger partial charge in [0, 0.05) is 65.6 Å². The molecule has 0 spiro atoms. The zero-order valence-electron chi connectivity index (χ0n) is 64.6. The zero-order chi connectivity index (χ0) is 70.2. The van der Waals surface area contributed by atoms with Crippen LogP contribution in [0.1, 0.15) is 168 Å². The minimum Gasteiger partial charge on any atom is -0.507 e. The second kappa shape index (κ2) is 16.6. The molecule has 1 N–H and O–H groups in total. The van der Waals surface area contributed by atoms with Crippen LogP contribution < -0.4 is 0 Å². The molecule has 4 heteroatoms. The number of phenols is 1. The maximum Gasteiger partial charge on any atom is 0.149 e. The van der Waals surface area contributed by atoms with E-state index in [1.807, 2.05) is 84.0 Å². The van der Waals surface area contributed by atoms with Crippen LogP contribution in [0.2, 0.25) is 0 Å². The summed E-state index contributed by atoms with van der Waals surface area (Å²) in [5.74, 6) is -1.91. The number of imidazole rings is 1. The number of fused-ring (bicyclic) bond motifs is 1. The van der Waals surface area contributed by atoms with Gasteiger partial charge in [0.05, 0.1) is 22.3 Å². The van der Waals surface area contributed by atoms with Crippen LogP contribution in [-0.2, 0) is 27.1 Å². The number of benzene rings is 6. The van der Waals surface area contributed by atoms with Gasteiger partial charge in [-0.3, -0.25) is 9.55 Å². The molecule has 0 amide bonds. The van der Waals surface area contributed by atoms with Crippen molar-refractivity contribution < 1.29 is 42.1 Å². The molecule has 0 aliphatic rings. The number of para-hydroxylation sites is 1. The normalized spacial score (nSPS) is 20.6. The Kier molecular flexibility index (Phi) is 5.89. The first kappa shape index (κ1) is 23.5. The van der Waals surface area contributed by atoms with Crippen LogP contribution in [0.3, 0.4) is 0 Å². The number of hydrogen-bond donors (Lipinski definition) is 1. The molecule has 0 bridgehead atoms. The van der Waals surface area contributed by atoms with Gasteiger partial charge in [-0.1, -0.05) is 188 Å². The lowest BCUT2D eigenvalue weighted by Crippen LogP contribution is -2.17. The number of aromatic nitrogens is 3. The third-order valence-corrected chi connectivity index (χ3v) is 11.8. The van der Waals surface area contributed by atoms with Crippen molar-refractivity contribution in [3.8, 4) is 67.5 Å². The molecule has 0 unspecified atom stereocenters. The van der Waals surface area contributed by atoms with E-state index in [0.29, 0.717) is 39.6 Å². The molecule has 0 fully saturated rings. The van der Waals surface area contributed by atoms with Crippen LogP contribution in [0.25, 0.3) is 72.7 Å². The SMILES string of the molecule is [2H]C([2H])([2H])C(c1ccc(-c2ccnc(-c3cc(-c4cccc5c4nc(-c4cc(C(C([2H])([2H])[2H])(C([2H])([2H])[2H])C([2H])([2H])[2H])cc(C(C([2H])([2H])[2H])(C([2H])([2H])[2H])C([2H])([2H])[2H])c4O)n5-c4ccc(-c5ccccc5)c(C(C)(C)C)c4)cc(C(C)(C)C)c3)c2)cc1)(C([2H])([2H])[2H])C([2H])([2H])[2H]. The van der Waals surface area contributed by atoms with Crippen LogP contribution in [0.4, 0.5) is 0 Å². The first-order chi connectivity index (χ1) is 42.0. The first-order valence-electron chi connectivity index (χ1n) is 34.9. The topological polar surface area (TPSA) is 50.9 Å². The Morgan fingerprint density at radius 2 is 1.12 bits per heavy atom. The van der Waals surface area contributed by atoms with Gasteiger partial charge >= 0.3 is 0 Å². The summed E-state index contributed by atoms with van der Waals surface area (Å²) in [7, 11) is 0. The second-order valence-corrected chi connectivity index (χ2v) is 19.0. The molecule has 2 aromatic heterocycles. The molecule has 4 nitrogen and oxygen atoms in total. The Hall–Kier alpha value is -6.26.